The van der Waals surface area contributed by atoms with Crippen LogP contribution in [0.15, 0.2) is 12.1 Å². The van der Waals surface area contributed by atoms with E-state index in [-0.39, 0.29) is 5.69 Å². The van der Waals surface area contributed by atoms with Crippen LogP contribution in [0.3, 0.4) is 0 Å². The number of aryl methyl sites for hydroxylation is 2. The van der Waals surface area contributed by atoms with Crippen LogP contribution in [0.5, 0.6) is 0 Å². The predicted octanol–water partition coefficient (Wildman–Crippen LogP) is 4.33. The molecule has 0 aliphatic heterocycles. The van der Waals surface area contributed by atoms with Crippen molar-refractivity contribution in [2.75, 3.05) is 0 Å². The first kappa shape index (κ1) is 21.4. The van der Waals surface area contributed by atoms with Crippen molar-refractivity contribution in [3.05, 3.63) is 28.3 Å². The second kappa shape index (κ2) is 6.35. The van der Waals surface area contributed by atoms with Crippen LogP contribution in [0, 0.1) is 17.8 Å². The van der Waals surface area contributed by atoms with Crippen molar-refractivity contribution < 1.29 is 27.6 Å². The molecular formula is C20H21F3N2O3S. The summed E-state index contributed by atoms with van der Waals surface area (Å²) in [7, 11) is 1.21. The molecule has 29 heavy (non-hydrogen) atoms. The zero-order valence-electron chi connectivity index (χ0n) is 16.9. The molecule has 5 nitrogen and oxygen atoms in total. The zero-order valence-corrected chi connectivity index (χ0v) is 17.7. The van der Waals surface area contributed by atoms with Crippen LogP contribution in [0.2, 0.25) is 0 Å². The Balaban J connectivity index is 2.10. The Morgan fingerprint density at radius 2 is 1.55 bits per heavy atom. The van der Waals surface area contributed by atoms with Crippen LogP contribution in [0.1, 0.15) is 49.7 Å². The molecule has 2 heterocycles. The number of halogens is 3. The van der Waals surface area contributed by atoms with Gasteiger partial charge in [0, 0.05) is 11.9 Å². The van der Waals surface area contributed by atoms with E-state index in [1.54, 1.807) is 13.0 Å². The molecule has 0 spiro atoms. The third kappa shape index (κ3) is 3.15. The number of rotatable bonds is 2. The van der Waals surface area contributed by atoms with Gasteiger partial charge in [-0.05, 0) is 52.3 Å². The number of ketones is 3. The number of carbonyl (C=O) groups is 3. The maximum atomic E-state index is 13.1. The van der Waals surface area contributed by atoms with Gasteiger partial charge in [-0.25, -0.2) is 0 Å². The fourth-order valence-corrected chi connectivity index (χ4v) is 4.90. The SMILES string of the molecule is Cc1sc(-c2cc(C(F)(F)F)n(C)n2)cc1C1C(=O)C(C)(C)C(=O)C(C)(C)C1=O. The molecule has 2 aromatic rings. The highest BCUT2D eigenvalue weighted by atomic mass is 32.1. The minimum Gasteiger partial charge on any atom is -0.298 e. The zero-order chi connectivity index (χ0) is 22.1. The molecule has 1 saturated carbocycles. The molecule has 0 bridgehead atoms. The maximum absolute atomic E-state index is 13.1. The van der Waals surface area contributed by atoms with Crippen molar-refractivity contribution in [3.63, 3.8) is 0 Å². The monoisotopic (exact) mass is 426 g/mol. The first-order valence-electron chi connectivity index (χ1n) is 8.95. The lowest BCUT2D eigenvalue weighted by Gasteiger charge is -2.40. The van der Waals surface area contributed by atoms with Gasteiger partial charge in [0.2, 0.25) is 0 Å². The van der Waals surface area contributed by atoms with E-state index < -0.39 is 46.0 Å². The maximum Gasteiger partial charge on any atom is 0.433 e. The van der Waals surface area contributed by atoms with Gasteiger partial charge >= 0.3 is 6.18 Å². The number of Topliss-reactive ketones (excluding diaryl/α,β-unsaturated/α-hetero) is 3. The van der Waals surface area contributed by atoms with E-state index in [9.17, 15) is 27.6 Å². The van der Waals surface area contributed by atoms with E-state index in [0.717, 1.165) is 10.7 Å². The fourth-order valence-electron chi connectivity index (χ4n) is 3.89. The minimum absolute atomic E-state index is 0.115. The summed E-state index contributed by atoms with van der Waals surface area (Å²) in [6, 6.07) is 2.49. The van der Waals surface area contributed by atoms with Gasteiger partial charge in [-0.15, -0.1) is 11.3 Å². The molecule has 1 aliphatic carbocycles. The van der Waals surface area contributed by atoms with Crippen molar-refractivity contribution in [2.24, 2.45) is 17.9 Å². The largest absolute Gasteiger partial charge is 0.433 e. The lowest BCUT2D eigenvalue weighted by Crippen LogP contribution is -2.56. The van der Waals surface area contributed by atoms with Crippen molar-refractivity contribution >= 4 is 28.7 Å². The second-order valence-electron chi connectivity index (χ2n) is 8.40. The van der Waals surface area contributed by atoms with Gasteiger partial charge in [0.1, 0.15) is 17.3 Å². The number of nitrogens with zero attached hydrogens (tertiary/aromatic N) is 2. The average Bonchev–Trinajstić information content (AvgIpc) is 3.16. The molecule has 0 atom stereocenters. The molecule has 3 rings (SSSR count). The second-order valence-corrected chi connectivity index (χ2v) is 9.66. The Kier molecular flexibility index (Phi) is 4.69. The quantitative estimate of drug-likeness (QED) is 0.671. The van der Waals surface area contributed by atoms with E-state index in [0.29, 0.717) is 15.3 Å². The summed E-state index contributed by atoms with van der Waals surface area (Å²) in [5, 5.41) is 3.94. The van der Waals surface area contributed by atoms with Crippen molar-refractivity contribution in [1.82, 2.24) is 9.78 Å². The highest BCUT2D eigenvalue weighted by molar-refractivity contribution is 7.15. The molecule has 0 unspecified atom stereocenters. The lowest BCUT2D eigenvalue weighted by molar-refractivity contribution is -0.157. The molecule has 0 amide bonds. The normalized spacial score (nSPS) is 19.8. The Morgan fingerprint density at radius 1 is 1.03 bits per heavy atom. The highest BCUT2D eigenvalue weighted by Crippen LogP contribution is 2.47. The van der Waals surface area contributed by atoms with Gasteiger partial charge in [0.15, 0.2) is 17.3 Å². The van der Waals surface area contributed by atoms with Crippen molar-refractivity contribution in [1.29, 1.82) is 0 Å². The van der Waals surface area contributed by atoms with Crippen molar-refractivity contribution in [3.8, 4) is 10.6 Å². The molecular weight excluding hydrogens is 405 g/mol. The Bertz CT molecular complexity index is 1010. The summed E-state index contributed by atoms with van der Waals surface area (Å²) < 4.78 is 40.0. The van der Waals surface area contributed by atoms with Gasteiger partial charge in [-0.1, -0.05) is 0 Å². The van der Waals surface area contributed by atoms with Gasteiger partial charge in [-0.3, -0.25) is 19.1 Å². The Hall–Kier alpha value is -2.29. The topological polar surface area (TPSA) is 69.0 Å². The average molecular weight is 426 g/mol. The summed E-state index contributed by atoms with van der Waals surface area (Å²) in [5.41, 5.74) is -3.01. The number of hydrogen-bond donors (Lipinski definition) is 0. The van der Waals surface area contributed by atoms with Gasteiger partial charge in [0.25, 0.3) is 0 Å². The van der Waals surface area contributed by atoms with Crippen LogP contribution in [-0.4, -0.2) is 27.1 Å². The van der Waals surface area contributed by atoms with Crippen LogP contribution < -0.4 is 0 Å². The number of aromatic nitrogens is 2. The van der Waals surface area contributed by atoms with Gasteiger partial charge in [0.05, 0.1) is 15.7 Å². The first-order valence-corrected chi connectivity index (χ1v) is 9.77. The summed E-state index contributed by atoms with van der Waals surface area (Å²) in [6.07, 6.45) is -4.54. The minimum atomic E-state index is -4.54. The van der Waals surface area contributed by atoms with Crippen LogP contribution in [0.4, 0.5) is 13.2 Å². The summed E-state index contributed by atoms with van der Waals surface area (Å²) >= 11 is 1.17. The molecule has 0 radical (unpaired) electrons. The van der Waals surface area contributed by atoms with Crippen LogP contribution in [-0.2, 0) is 27.6 Å². The number of hydrogen-bond acceptors (Lipinski definition) is 5. The van der Waals surface area contributed by atoms with E-state index in [1.807, 2.05) is 0 Å². The smallest absolute Gasteiger partial charge is 0.298 e. The Labute approximate surface area is 169 Å². The van der Waals surface area contributed by atoms with E-state index in [4.69, 9.17) is 0 Å². The molecule has 0 saturated heterocycles. The fraction of sp³-hybridized carbons (Fsp3) is 0.500. The molecule has 2 aromatic heterocycles. The third-order valence-electron chi connectivity index (χ3n) is 5.58. The molecule has 0 aromatic carbocycles. The van der Waals surface area contributed by atoms with Gasteiger partial charge in [-0.2, -0.15) is 18.3 Å². The molecule has 1 aliphatic rings. The van der Waals surface area contributed by atoms with E-state index in [2.05, 4.69) is 5.10 Å². The Morgan fingerprint density at radius 3 is 2.00 bits per heavy atom. The van der Waals surface area contributed by atoms with E-state index in [1.165, 1.54) is 46.1 Å². The summed E-state index contributed by atoms with van der Waals surface area (Å²) in [5.74, 6) is -2.54. The standard InChI is InChI=1S/C20H21F3N2O3S/c1-9-10(14-15(26)18(2,3)17(28)19(4,5)16(14)27)7-12(29-9)11-8-13(20(21,22)23)25(6)24-11/h7-8,14H,1-6H3. The number of carbonyl (C=O) groups excluding carboxylic acids is 3. The lowest BCUT2D eigenvalue weighted by atomic mass is 9.57. The first-order chi connectivity index (χ1) is 13.1. The summed E-state index contributed by atoms with van der Waals surface area (Å²) in [4.78, 5) is 39.8. The number of thiophene rings is 1. The molecule has 1 fully saturated rings. The van der Waals surface area contributed by atoms with Crippen LogP contribution in [0.25, 0.3) is 10.6 Å². The number of alkyl halides is 3. The summed E-state index contributed by atoms with van der Waals surface area (Å²) in [6.45, 7) is 7.74. The molecule has 156 valence electrons. The molecule has 0 N–H and O–H groups in total. The third-order valence-corrected chi connectivity index (χ3v) is 6.67. The van der Waals surface area contributed by atoms with Crippen molar-refractivity contribution in [2.45, 2.75) is 46.7 Å². The molecule has 9 heteroatoms. The van der Waals surface area contributed by atoms with E-state index >= 15 is 0 Å². The van der Waals surface area contributed by atoms with Gasteiger partial charge < -0.3 is 0 Å². The van der Waals surface area contributed by atoms with Crippen LogP contribution >= 0.6 is 11.3 Å². The predicted molar refractivity (Wildman–Crippen MR) is 102 cm³/mol. The highest BCUT2D eigenvalue weighted by Gasteiger charge is 2.58.